The van der Waals surface area contributed by atoms with Gasteiger partial charge in [0.1, 0.15) is 5.82 Å². The van der Waals surface area contributed by atoms with Crippen LogP contribution in [0.15, 0.2) is 24.3 Å². The fourth-order valence-electron chi connectivity index (χ4n) is 4.46. The molecule has 116 valence electrons. The molecule has 3 atom stereocenters. The second-order valence-corrected chi connectivity index (χ2v) is 7.10. The van der Waals surface area contributed by atoms with Gasteiger partial charge in [-0.3, -0.25) is 4.57 Å². The zero-order valence-corrected chi connectivity index (χ0v) is 13.7. The largest absolute Gasteiger partial charge is 0.314 e. The standard InChI is InChI=1S/C18H24N4/c1-12-5-4-6-15(9-12)21(2)18-20-19-17(22(18)3)16-11-13-7-8-14(16)10-13/h4-6,9,13-14,16H,7-8,10-11H2,1-3H3. The monoisotopic (exact) mass is 296 g/mol. The Hall–Kier alpha value is -1.84. The van der Waals surface area contributed by atoms with Crippen molar-refractivity contribution in [2.24, 2.45) is 18.9 Å². The molecule has 0 spiro atoms. The summed E-state index contributed by atoms with van der Waals surface area (Å²) in [6, 6.07) is 8.52. The maximum atomic E-state index is 4.56. The molecule has 2 bridgehead atoms. The molecule has 1 aromatic carbocycles. The summed E-state index contributed by atoms with van der Waals surface area (Å²) >= 11 is 0. The minimum Gasteiger partial charge on any atom is -0.314 e. The Morgan fingerprint density at radius 2 is 2.05 bits per heavy atom. The fraction of sp³-hybridized carbons (Fsp3) is 0.556. The lowest BCUT2D eigenvalue weighted by atomic mass is 9.88. The third kappa shape index (κ3) is 2.13. The van der Waals surface area contributed by atoms with Gasteiger partial charge in [0.15, 0.2) is 0 Å². The summed E-state index contributed by atoms with van der Waals surface area (Å²) in [4.78, 5) is 2.14. The summed E-state index contributed by atoms with van der Waals surface area (Å²) in [5, 5.41) is 9.05. The SMILES string of the molecule is Cc1cccc(N(C)c2nnc(C3CC4CCC3C4)n2C)c1. The smallest absolute Gasteiger partial charge is 0.231 e. The maximum absolute atomic E-state index is 4.56. The molecule has 2 fully saturated rings. The van der Waals surface area contributed by atoms with Crippen LogP contribution >= 0.6 is 0 Å². The first kappa shape index (κ1) is 13.8. The molecule has 4 nitrogen and oxygen atoms in total. The number of hydrogen-bond acceptors (Lipinski definition) is 3. The highest BCUT2D eigenvalue weighted by Gasteiger charge is 2.42. The number of nitrogens with zero attached hydrogens (tertiary/aromatic N) is 4. The number of aromatic nitrogens is 3. The van der Waals surface area contributed by atoms with E-state index in [0.717, 1.165) is 23.5 Å². The molecule has 0 radical (unpaired) electrons. The quantitative estimate of drug-likeness (QED) is 0.864. The van der Waals surface area contributed by atoms with Gasteiger partial charge >= 0.3 is 0 Å². The van der Waals surface area contributed by atoms with Crippen LogP contribution in [0.1, 0.15) is 43.0 Å². The van der Waals surface area contributed by atoms with Crippen molar-refractivity contribution in [3.63, 3.8) is 0 Å². The lowest BCUT2D eigenvalue weighted by Crippen LogP contribution is -2.17. The van der Waals surface area contributed by atoms with Gasteiger partial charge in [0.25, 0.3) is 0 Å². The van der Waals surface area contributed by atoms with Crippen LogP contribution < -0.4 is 4.90 Å². The average molecular weight is 296 g/mol. The number of hydrogen-bond donors (Lipinski definition) is 0. The number of anilines is 2. The first-order valence-electron chi connectivity index (χ1n) is 8.33. The van der Waals surface area contributed by atoms with Crippen LogP contribution in [0.25, 0.3) is 0 Å². The van der Waals surface area contributed by atoms with Crippen molar-refractivity contribution in [1.29, 1.82) is 0 Å². The summed E-state index contributed by atoms with van der Waals surface area (Å²) in [7, 11) is 4.19. The molecule has 1 heterocycles. The molecule has 4 rings (SSSR count). The minimum atomic E-state index is 0.621. The van der Waals surface area contributed by atoms with E-state index < -0.39 is 0 Å². The van der Waals surface area contributed by atoms with E-state index in [1.54, 1.807) is 0 Å². The Morgan fingerprint density at radius 3 is 2.73 bits per heavy atom. The maximum Gasteiger partial charge on any atom is 0.231 e. The summed E-state index contributed by atoms with van der Waals surface area (Å²) in [6.07, 6.45) is 5.52. The first-order valence-corrected chi connectivity index (χ1v) is 8.33. The number of aryl methyl sites for hydroxylation is 1. The van der Waals surface area contributed by atoms with Crippen LogP contribution in [0.4, 0.5) is 11.6 Å². The van der Waals surface area contributed by atoms with Crippen molar-refractivity contribution < 1.29 is 0 Å². The van der Waals surface area contributed by atoms with Crippen molar-refractivity contribution in [2.75, 3.05) is 11.9 Å². The van der Waals surface area contributed by atoms with E-state index in [4.69, 9.17) is 0 Å². The van der Waals surface area contributed by atoms with Gasteiger partial charge in [-0.25, -0.2) is 0 Å². The number of rotatable bonds is 3. The highest BCUT2D eigenvalue weighted by molar-refractivity contribution is 5.57. The Bertz CT molecular complexity index is 690. The molecule has 2 aromatic rings. The highest BCUT2D eigenvalue weighted by Crippen LogP contribution is 2.52. The number of fused-ring (bicyclic) bond motifs is 2. The summed E-state index contributed by atoms with van der Waals surface area (Å²) < 4.78 is 2.20. The first-order chi connectivity index (χ1) is 10.6. The van der Waals surface area contributed by atoms with Crippen LogP contribution in [-0.4, -0.2) is 21.8 Å². The van der Waals surface area contributed by atoms with Gasteiger partial charge < -0.3 is 4.90 Å². The second kappa shape index (κ2) is 5.11. The molecule has 3 unspecified atom stereocenters. The van der Waals surface area contributed by atoms with Crippen LogP contribution in [0.5, 0.6) is 0 Å². The van der Waals surface area contributed by atoms with E-state index in [1.807, 2.05) is 0 Å². The van der Waals surface area contributed by atoms with Gasteiger partial charge in [-0.05, 0) is 55.7 Å². The lowest BCUT2D eigenvalue weighted by molar-refractivity contribution is 0.398. The van der Waals surface area contributed by atoms with Gasteiger partial charge in [0, 0.05) is 25.7 Å². The summed E-state index contributed by atoms with van der Waals surface area (Å²) in [5.74, 6) is 4.51. The van der Waals surface area contributed by atoms with Crippen molar-refractivity contribution >= 4 is 11.6 Å². The molecule has 2 saturated carbocycles. The molecule has 2 aliphatic rings. The minimum absolute atomic E-state index is 0.621. The predicted molar refractivity (Wildman–Crippen MR) is 88.4 cm³/mol. The van der Waals surface area contributed by atoms with Gasteiger partial charge in [-0.2, -0.15) is 0 Å². The lowest BCUT2D eigenvalue weighted by Gasteiger charge is -2.22. The normalized spacial score (nSPS) is 26.6. The molecule has 4 heteroatoms. The molecule has 22 heavy (non-hydrogen) atoms. The topological polar surface area (TPSA) is 34.0 Å². The van der Waals surface area contributed by atoms with Crippen molar-refractivity contribution in [3.8, 4) is 0 Å². The van der Waals surface area contributed by atoms with Crippen LogP contribution in [-0.2, 0) is 7.05 Å². The van der Waals surface area contributed by atoms with Crippen molar-refractivity contribution in [3.05, 3.63) is 35.7 Å². The highest BCUT2D eigenvalue weighted by atomic mass is 15.4. The molecule has 0 N–H and O–H groups in total. The Morgan fingerprint density at radius 1 is 1.18 bits per heavy atom. The van der Waals surface area contributed by atoms with Crippen molar-refractivity contribution in [1.82, 2.24) is 14.8 Å². The summed E-state index contributed by atoms with van der Waals surface area (Å²) in [5.41, 5.74) is 2.43. The van der Waals surface area contributed by atoms with Crippen LogP contribution in [0.3, 0.4) is 0 Å². The van der Waals surface area contributed by atoms with E-state index in [0.29, 0.717) is 5.92 Å². The second-order valence-electron chi connectivity index (χ2n) is 7.10. The van der Waals surface area contributed by atoms with Gasteiger partial charge in [-0.1, -0.05) is 18.6 Å². The number of benzene rings is 1. The zero-order valence-electron chi connectivity index (χ0n) is 13.7. The van der Waals surface area contributed by atoms with E-state index in [-0.39, 0.29) is 0 Å². The predicted octanol–water partition coefficient (Wildman–Crippen LogP) is 3.80. The molecule has 2 aliphatic carbocycles. The van der Waals surface area contributed by atoms with Crippen molar-refractivity contribution in [2.45, 2.75) is 38.5 Å². The molecule has 0 saturated heterocycles. The van der Waals surface area contributed by atoms with Gasteiger partial charge in [0.05, 0.1) is 0 Å². The van der Waals surface area contributed by atoms with E-state index in [9.17, 15) is 0 Å². The van der Waals surface area contributed by atoms with E-state index in [1.165, 1.54) is 37.1 Å². The molecular formula is C18H24N4. The fourth-order valence-corrected chi connectivity index (χ4v) is 4.46. The van der Waals surface area contributed by atoms with Crippen LogP contribution in [0, 0.1) is 18.8 Å². The molecule has 1 aromatic heterocycles. The van der Waals surface area contributed by atoms with E-state index in [2.05, 4.69) is 64.9 Å². The van der Waals surface area contributed by atoms with Crippen LogP contribution in [0.2, 0.25) is 0 Å². The average Bonchev–Trinajstić information content (AvgIpc) is 3.21. The summed E-state index contributed by atoms with van der Waals surface area (Å²) in [6.45, 7) is 2.12. The molecular weight excluding hydrogens is 272 g/mol. The Balaban J connectivity index is 1.64. The Labute approximate surface area is 132 Å². The third-order valence-corrected chi connectivity index (χ3v) is 5.64. The Kier molecular flexibility index (Phi) is 3.21. The van der Waals surface area contributed by atoms with E-state index >= 15 is 0 Å². The van der Waals surface area contributed by atoms with Gasteiger partial charge in [-0.15, -0.1) is 10.2 Å². The molecule has 0 aliphatic heterocycles. The third-order valence-electron chi connectivity index (χ3n) is 5.64. The zero-order chi connectivity index (χ0) is 15.3. The molecule has 0 amide bonds. The van der Waals surface area contributed by atoms with Gasteiger partial charge in [0.2, 0.25) is 5.95 Å².